The minimum Gasteiger partial charge on any atom is -0.478 e. The number of ether oxygens (including phenoxy) is 1. The van der Waals surface area contributed by atoms with Crippen molar-refractivity contribution in [2.45, 2.75) is 40.3 Å². The highest BCUT2D eigenvalue weighted by atomic mass is 16.5. The van der Waals surface area contributed by atoms with Crippen LogP contribution in [0, 0.1) is 13.8 Å². The third kappa shape index (κ3) is 4.93. The highest BCUT2D eigenvalue weighted by Crippen LogP contribution is 2.20. The molecule has 0 spiro atoms. The summed E-state index contributed by atoms with van der Waals surface area (Å²) in [6.45, 7) is 8.76. The predicted octanol–water partition coefficient (Wildman–Crippen LogP) is 3.84. The largest absolute Gasteiger partial charge is 0.478 e. The van der Waals surface area contributed by atoms with Gasteiger partial charge in [0.25, 0.3) is 0 Å². The number of pyridine rings is 1. The third-order valence-corrected chi connectivity index (χ3v) is 4.71. The molecule has 0 saturated carbocycles. The molecule has 1 aromatic carbocycles. The molecule has 0 fully saturated rings. The van der Waals surface area contributed by atoms with Gasteiger partial charge < -0.3 is 15.4 Å². The van der Waals surface area contributed by atoms with Gasteiger partial charge in [-0.3, -0.25) is 0 Å². The monoisotopic (exact) mass is 393 g/mol. The molecule has 2 N–H and O–H groups in total. The lowest BCUT2D eigenvalue weighted by Crippen LogP contribution is -2.36. The second kappa shape index (κ2) is 9.23. The molecule has 0 radical (unpaired) electrons. The fraction of sp³-hybridized carbons (Fsp3) is 0.318. The number of urea groups is 1. The molecular weight excluding hydrogens is 366 g/mol. The topological polar surface area (TPSA) is 81.1 Å². The maximum atomic E-state index is 12.4. The summed E-state index contributed by atoms with van der Waals surface area (Å²) in [6.07, 6.45) is 3.47. The fourth-order valence-electron chi connectivity index (χ4n) is 3.12. The summed E-state index contributed by atoms with van der Waals surface area (Å²) in [5, 5.41) is 10.3. The lowest BCUT2D eigenvalue weighted by atomic mass is 10.1. The number of hydrogen-bond donors (Lipinski definition) is 2. The van der Waals surface area contributed by atoms with E-state index in [-0.39, 0.29) is 12.1 Å². The minimum atomic E-state index is -0.258. The molecule has 3 rings (SSSR count). The normalized spacial score (nSPS) is 11.7. The average molecular weight is 393 g/mol. The first-order valence-electron chi connectivity index (χ1n) is 9.72. The number of rotatable bonds is 7. The zero-order valence-corrected chi connectivity index (χ0v) is 17.3. The molecule has 7 nitrogen and oxygen atoms in total. The molecule has 2 amide bonds. The third-order valence-electron chi connectivity index (χ3n) is 4.71. The Morgan fingerprint density at radius 1 is 1.21 bits per heavy atom. The minimum absolute atomic E-state index is 0.186. The lowest BCUT2D eigenvalue weighted by molar-refractivity contribution is 0.237. The first-order valence-corrected chi connectivity index (χ1v) is 9.72. The predicted molar refractivity (Wildman–Crippen MR) is 112 cm³/mol. The van der Waals surface area contributed by atoms with E-state index in [1.54, 1.807) is 12.4 Å². The first kappa shape index (κ1) is 20.4. The summed E-state index contributed by atoms with van der Waals surface area (Å²) in [7, 11) is 0. The maximum Gasteiger partial charge on any atom is 0.315 e. The molecular formula is C22H27N5O2. The smallest absolute Gasteiger partial charge is 0.315 e. The van der Waals surface area contributed by atoms with Crippen LogP contribution in [0.15, 0.2) is 48.8 Å². The molecule has 152 valence electrons. The van der Waals surface area contributed by atoms with Gasteiger partial charge >= 0.3 is 6.03 Å². The van der Waals surface area contributed by atoms with Gasteiger partial charge in [-0.1, -0.05) is 23.8 Å². The van der Waals surface area contributed by atoms with Crippen LogP contribution in [0.3, 0.4) is 0 Å². The van der Waals surface area contributed by atoms with Crippen LogP contribution in [0.5, 0.6) is 5.88 Å². The number of nitrogens with zero attached hydrogens (tertiary/aromatic N) is 3. The van der Waals surface area contributed by atoms with Crippen molar-refractivity contribution in [3.05, 3.63) is 71.2 Å². The van der Waals surface area contributed by atoms with Crippen molar-refractivity contribution >= 4 is 6.03 Å². The van der Waals surface area contributed by atoms with Crippen LogP contribution in [0.25, 0.3) is 5.69 Å². The van der Waals surface area contributed by atoms with E-state index in [0.29, 0.717) is 19.0 Å². The SMILES string of the molecule is CCOc1ncccc1CNC(=O)N[C@@H](C)c1cnn(-c2ccc(C)cc2)c1C. The molecule has 2 heterocycles. The molecule has 0 aliphatic heterocycles. The molecule has 3 aromatic rings. The Morgan fingerprint density at radius 2 is 1.97 bits per heavy atom. The van der Waals surface area contributed by atoms with Gasteiger partial charge in [0.05, 0.1) is 24.5 Å². The van der Waals surface area contributed by atoms with Crippen LogP contribution < -0.4 is 15.4 Å². The molecule has 29 heavy (non-hydrogen) atoms. The van der Waals surface area contributed by atoms with E-state index in [1.807, 2.05) is 49.7 Å². The Bertz CT molecular complexity index is 966. The summed E-state index contributed by atoms with van der Waals surface area (Å²) < 4.78 is 7.38. The summed E-state index contributed by atoms with van der Waals surface area (Å²) >= 11 is 0. The van der Waals surface area contributed by atoms with Gasteiger partial charge in [-0.15, -0.1) is 0 Å². The van der Waals surface area contributed by atoms with E-state index in [0.717, 1.165) is 22.5 Å². The molecule has 0 aliphatic rings. The zero-order valence-electron chi connectivity index (χ0n) is 17.3. The number of hydrogen-bond acceptors (Lipinski definition) is 4. The van der Waals surface area contributed by atoms with Crippen molar-refractivity contribution in [3.63, 3.8) is 0 Å². The van der Waals surface area contributed by atoms with Gasteiger partial charge in [-0.25, -0.2) is 14.5 Å². The van der Waals surface area contributed by atoms with Gasteiger partial charge in [0.2, 0.25) is 5.88 Å². The van der Waals surface area contributed by atoms with Crippen molar-refractivity contribution in [2.75, 3.05) is 6.61 Å². The zero-order chi connectivity index (χ0) is 20.8. The summed E-state index contributed by atoms with van der Waals surface area (Å²) in [5.41, 5.74) is 4.99. The number of carbonyl (C=O) groups excluding carboxylic acids is 1. The highest BCUT2D eigenvalue weighted by Gasteiger charge is 2.16. The van der Waals surface area contributed by atoms with Crippen molar-refractivity contribution in [1.29, 1.82) is 0 Å². The Balaban J connectivity index is 1.62. The average Bonchev–Trinajstić information content (AvgIpc) is 3.09. The van der Waals surface area contributed by atoms with Gasteiger partial charge in [0, 0.05) is 29.6 Å². The quantitative estimate of drug-likeness (QED) is 0.639. The van der Waals surface area contributed by atoms with Crippen LogP contribution in [-0.4, -0.2) is 27.4 Å². The summed E-state index contributed by atoms with van der Waals surface area (Å²) in [5.74, 6) is 0.540. The van der Waals surface area contributed by atoms with Gasteiger partial charge in [-0.2, -0.15) is 5.10 Å². The van der Waals surface area contributed by atoms with E-state index < -0.39 is 0 Å². The Kier molecular flexibility index (Phi) is 6.49. The van der Waals surface area contributed by atoms with Crippen LogP contribution in [-0.2, 0) is 6.54 Å². The second-order valence-corrected chi connectivity index (χ2v) is 6.88. The second-order valence-electron chi connectivity index (χ2n) is 6.88. The Morgan fingerprint density at radius 3 is 2.69 bits per heavy atom. The van der Waals surface area contributed by atoms with Crippen LogP contribution in [0.1, 0.15) is 42.3 Å². The number of aromatic nitrogens is 3. The van der Waals surface area contributed by atoms with Gasteiger partial charge in [-0.05, 0) is 45.9 Å². The van der Waals surface area contributed by atoms with E-state index in [2.05, 4.69) is 39.8 Å². The molecule has 1 atom stereocenters. The number of amides is 2. The first-order chi connectivity index (χ1) is 14.0. The van der Waals surface area contributed by atoms with E-state index in [1.165, 1.54) is 5.56 Å². The van der Waals surface area contributed by atoms with Crippen molar-refractivity contribution < 1.29 is 9.53 Å². The maximum absolute atomic E-state index is 12.4. The van der Waals surface area contributed by atoms with E-state index in [4.69, 9.17) is 4.74 Å². The van der Waals surface area contributed by atoms with Crippen LogP contribution in [0.4, 0.5) is 4.79 Å². The molecule has 0 unspecified atom stereocenters. The van der Waals surface area contributed by atoms with Crippen LogP contribution >= 0.6 is 0 Å². The molecule has 2 aromatic heterocycles. The number of benzene rings is 1. The molecule has 7 heteroatoms. The number of nitrogens with one attached hydrogen (secondary N) is 2. The summed E-state index contributed by atoms with van der Waals surface area (Å²) in [6, 6.07) is 11.4. The lowest BCUT2D eigenvalue weighted by Gasteiger charge is -2.15. The van der Waals surface area contributed by atoms with Crippen molar-refractivity contribution in [2.24, 2.45) is 0 Å². The van der Waals surface area contributed by atoms with Crippen molar-refractivity contribution in [3.8, 4) is 11.6 Å². The number of carbonyl (C=O) groups is 1. The fourth-order valence-corrected chi connectivity index (χ4v) is 3.12. The van der Waals surface area contributed by atoms with Crippen LogP contribution in [0.2, 0.25) is 0 Å². The summed E-state index contributed by atoms with van der Waals surface area (Å²) in [4.78, 5) is 16.6. The Labute approximate surface area is 171 Å². The van der Waals surface area contributed by atoms with Crippen molar-refractivity contribution in [1.82, 2.24) is 25.4 Å². The van der Waals surface area contributed by atoms with Gasteiger partial charge in [0.1, 0.15) is 0 Å². The highest BCUT2D eigenvalue weighted by molar-refractivity contribution is 5.74. The molecule has 0 saturated heterocycles. The van der Waals surface area contributed by atoms with Gasteiger partial charge in [0.15, 0.2) is 0 Å². The molecule has 0 aliphatic carbocycles. The van der Waals surface area contributed by atoms with E-state index >= 15 is 0 Å². The standard InChI is InChI=1S/C22H27N5O2/c1-5-29-21-18(7-6-12-23-21)13-24-22(28)26-16(3)20-14-25-27(17(20)4)19-10-8-15(2)9-11-19/h6-12,14,16H,5,13H2,1-4H3,(H2,24,26,28)/t16-/m0/s1. The Hall–Kier alpha value is -3.35. The molecule has 0 bridgehead atoms. The van der Waals surface area contributed by atoms with E-state index in [9.17, 15) is 4.79 Å². The number of aryl methyl sites for hydroxylation is 1.